The van der Waals surface area contributed by atoms with Gasteiger partial charge in [0.2, 0.25) is 0 Å². The van der Waals surface area contributed by atoms with Gasteiger partial charge in [0.1, 0.15) is 0 Å². The lowest BCUT2D eigenvalue weighted by Gasteiger charge is -2.38. The second-order valence-electron chi connectivity index (χ2n) is 6.48. The van der Waals surface area contributed by atoms with Crippen LogP contribution >= 0.6 is 0 Å². The monoisotopic (exact) mass is 258 g/mol. The van der Waals surface area contributed by atoms with E-state index < -0.39 is 0 Å². The molecule has 1 aromatic rings. The topological polar surface area (TPSA) is 15.3 Å². The number of piperidine rings is 1. The van der Waals surface area contributed by atoms with Crippen molar-refractivity contribution < 1.29 is 0 Å². The molecule has 0 radical (unpaired) electrons. The van der Waals surface area contributed by atoms with E-state index in [1.54, 1.807) is 0 Å². The number of hydrogen-bond acceptors (Lipinski definition) is 2. The van der Waals surface area contributed by atoms with Gasteiger partial charge in [-0.05, 0) is 51.6 Å². The molecule has 3 atom stereocenters. The largest absolute Gasteiger partial charge is 0.311 e. The van der Waals surface area contributed by atoms with Crippen molar-refractivity contribution in [3.05, 3.63) is 35.9 Å². The number of nitrogens with zero attached hydrogens (tertiary/aromatic N) is 1. The van der Waals surface area contributed by atoms with Gasteiger partial charge in [0.15, 0.2) is 0 Å². The third kappa shape index (κ3) is 3.01. The first-order chi connectivity index (χ1) is 9.22. The molecule has 0 aliphatic carbocycles. The average molecular weight is 258 g/mol. The zero-order valence-corrected chi connectivity index (χ0v) is 12.2. The average Bonchev–Trinajstić information content (AvgIpc) is 2.63. The van der Waals surface area contributed by atoms with Crippen LogP contribution in [0, 0.1) is 0 Å². The van der Waals surface area contributed by atoms with Crippen molar-refractivity contribution in [3.8, 4) is 0 Å². The van der Waals surface area contributed by atoms with E-state index >= 15 is 0 Å². The van der Waals surface area contributed by atoms with Crippen LogP contribution in [0.2, 0.25) is 0 Å². The molecule has 2 heteroatoms. The normalized spacial score (nSPS) is 32.4. The first-order valence-electron chi connectivity index (χ1n) is 7.74. The number of rotatable bonds is 4. The van der Waals surface area contributed by atoms with Crippen molar-refractivity contribution in [3.63, 3.8) is 0 Å². The van der Waals surface area contributed by atoms with E-state index in [4.69, 9.17) is 0 Å². The summed E-state index contributed by atoms with van der Waals surface area (Å²) >= 11 is 0. The summed E-state index contributed by atoms with van der Waals surface area (Å²) in [5, 5.41) is 3.86. The molecule has 1 aromatic carbocycles. The van der Waals surface area contributed by atoms with Gasteiger partial charge in [-0.3, -0.25) is 0 Å². The summed E-state index contributed by atoms with van der Waals surface area (Å²) in [5.41, 5.74) is 1.44. The fourth-order valence-electron chi connectivity index (χ4n) is 3.98. The lowest BCUT2D eigenvalue weighted by Crippen LogP contribution is -2.49. The summed E-state index contributed by atoms with van der Waals surface area (Å²) in [6.07, 6.45) is 6.64. The van der Waals surface area contributed by atoms with Gasteiger partial charge in [-0.2, -0.15) is 0 Å². The van der Waals surface area contributed by atoms with E-state index in [9.17, 15) is 0 Å². The highest BCUT2D eigenvalue weighted by atomic mass is 15.2. The summed E-state index contributed by atoms with van der Waals surface area (Å²) in [6, 6.07) is 13.8. The van der Waals surface area contributed by atoms with Crippen molar-refractivity contribution in [2.75, 3.05) is 7.05 Å². The van der Waals surface area contributed by atoms with E-state index in [0.29, 0.717) is 6.04 Å². The van der Waals surface area contributed by atoms with Crippen LogP contribution in [0.4, 0.5) is 0 Å². The Hall–Kier alpha value is -0.860. The minimum atomic E-state index is 0.579. The van der Waals surface area contributed by atoms with Gasteiger partial charge in [0, 0.05) is 24.2 Å². The van der Waals surface area contributed by atoms with Gasteiger partial charge in [0.25, 0.3) is 0 Å². The minimum absolute atomic E-state index is 0.579. The summed E-state index contributed by atoms with van der Waals surface area (Å²) in [7, 11) is 2.31. The summed E-state index contributed by atoms with van der Waals surface area (Å²) in [5.74, 6) is 0. The Morgan fingerprint density at radius 3 is 2.42 bits per heavy atom. The van der Waals surface area contributed by atoms with Crippen molar-refractivity contribution >= 4 is 0 Å². The van der Waals surface area contributed by atoms with Crippen LogP contribution in [-0.2, 0) is 6.42 Å². The molecule has 0 spiro atoms. The molecule has 0 amide bonds. The molecule has 2 aliphatic heterocycles. The third-order valence-corrected chi connectivity index (χ3v) is 5.00. The molecule has 104 valence electrons. The maximum absolute atomic E-state index is 3.86. The molecule has 19 heavy (non-hydrogen) atoms. The number of benzene rings is 1. The highest BCUT2D eigenvalue weighted by Crippen LogP contribution is 2.34. The maximum atomic E-state index is 3.86. The number of fused-ring (bicyclic) bond motifs is 2. The molecule has 2 bridgehead atoms. The maximum Gasteiger partial charge on any atom is 0.0111 e. The Morgan fingerprint density at radius 1 is 1.16 bits per heavy atom. The molecule has 2 heterocycles. The molecule has 0 saturated carbocycles. The molecule has 2 nitrogen and oxygen atoms in total. The van der Waals surface area contributed by atoms with Crippen LogP contribution in [0.15, 0.2) is 30.3 Å². The molecule has 1 N–H and O–H groups in total. The van der Waals surface area contributed by atoms with Crippen LogP contribution in [0.1, 0.15) is 38.2 Å². The van der Waals surface area contributed by atoms with E-state index in [1.807, 2.05) is 0 Å². The Morgan fingerprint density at radius 2 is 1.79 bits per heavy atom. The predicted molar refractivity (Wildman–Crippen MR) is 80.3 cm³/mol. The molecule has 0 aromatic heterocycles. The van der Waals surface area contributed by atoms with Crippen molar-refractivity contribution in [2.45, 2.75) is 63.2 Å². The Bertz CT molecular complexity index is 389. The number of hydrogen-bond donors (Lipinski definition) is 1. The van der Waals surface area contributed by atoms with E-state index in [-0.39, 0.29) is 0 Å². The van der Waals surface area contributed by atoms with E-state index in [0.717, 1.165) is 24.5 Å². The van der Waals surface area contributed by atoms with E-state index in [2.05, 4.69) is 54.5 Å². The van der Waals surface area contributed by atoms with Gasteiger partial charge >= 0.3 is 0 Å². The van der Waals surface area contributed by atoms with Crippen molar-refractivity contribution in [1.82, 2.24) is 10.2 Å². The second kappa shape index (κ2) is 5.64. The standard InChI is InChI=1S/C17H26N2/c1-13(10-14-6-4-3-5-7-14)18-15-11-16-8-9-17(12-15)19(16)2/h3-7,13,15-18H,8-12H2,1-2H3. The molecule has 3 unspecified atom stereocenters. The smallest absolute Gasteiger partial charge is 0.0111 e. The summed E-state index contributed by atoms with van der Waals surface area (Å²) < 4.78 is 0. The lowest BCUT2D eigenvalue weighted by atomic mass is 9.96. The zero-order valence-electron chi connectivity index (χ0n) is 12.2. The Labute approximate surface area is 117 Å². The first-order valence-corrected chi connectivity index (χ1v) is 7.74. The van der Waals surface area contributed by atoms with Crippen LogP contribution in [-0.4, -0.2) is 36.1 Å². The highest BCUT2D eigenvalue weighted by Gasteiger charge is 2.38. The van der Waals surface area contributed by atoms with Crippen LogP contribution in [0.25, 0.3) is 0 Å². The molecule has 2 saturated heterocycles. The van der Waals surface area contributed by atoms with Crippen molar-refractivity contribution in [2.24, 2.45) is 0 Å². The van der Waals surface area contributed by atoms with Gasteiger partial charge in [0.05, 0.1) is 0 Å². The SMILES string of the molecule is CC(Cc1ccccc1)NC1CC2CCC(C1)N2C. The van der Waals surface area contributed by atoms with Crippen LogP contribution in [0.3, 0.4) is 0 Å². The summed E-state index contributed by atoms with van der Waals surface area (Å²) in [4.78, 5) is 2.61. The van der Waals surface area contributed by atoms with E-state index in [1.165, 1.54) is 31.2 Å². The molecule has 2 fully saturated rings. The van der Waals surface area contributed by atoms with Crippen LogP contribution < -0.4 is 5.32 Å². The fraction of sp³-hybridized carbons (Fsp3) is 0.647. The predicted octanol–water partition coefficient (Wildman–Crippen LogP) is 2.83. The van der Waals surface area contributed by atoms with Gasteiger partial charge in [-0.15, -0.1) is 0 Å². The second-order valence-corrected chi connectivity index (χ2v) is 6.48. The molecular formula is C17H26N2. The van der Waals surface area contributed by atoms with Crippen molar-refractivity contribution in [1.29, 1.82) is 0 Å². The third-order valence-electron chi connectivity index (χ3n) is 5.00. The number of nitrogens with one attached hydrogen (secondary N) is 1. The fourth-order valence-corrected chi connectivity index (χ4v) is 3.98. The molecule has 3 rings (SSSR count). The Balaban J connectivity index is 1.52. The lowest BCUT2D eigenvalue weighted by molar-refractivity contribution is 0.144. The zero-order chi connectivity index (χ0) is 13.2. The summed E-state index contributed by atoms with van der Waals surface area (Å²) in [6.45, 7) is 2.33. The quantitative estimate of drug-likeness (QED) is 0.893. The van der Waals surface area contributed by atoms with Gasteiger partial charge in [-0.1, -0.05) is 30.3 Å². The van der Waals surface area contributed by atoms with Crippen LogP contribution in [0.5, 0.6) is 0 Å². The Kier molecular flexibility index (Phi) is 3.90. The van der Waals surface area contributed by atoms with Gasteiger partial charge in [-0.25, -0.2) is 0 Å². The molecular weight excluding hydrogens is 232 g/mol. The first kappa shape index (κ1) is 13.1. The molecule has 2 aliphatic rings. The highest BCUT2D eigenvalue weighted by molar-refractivity contribution is 5.15. The minimum Gasteiger partial charge on any atom is -0.311 e. The van der Waals surface area contributed by atoms with Gasteiger partial charge < -0.3 is 10.2 Å².